The topological polar surface area (TPSA) is 70.5 Å². The number of pyridine rings is 1. The first-order valence-electron chi connectivity index (χ1n) is 9.61. The van der Waals surface area contributed by atoms with Gasteiger partial charge in [0, 0.05) is 25.5 Å². The molecule has 3 rings (SSSR count). The van der Waals surface area contributed by atoms with E-state index in [2.05, 4.69) is 29.2 Å². The maximum atomic E-state index is 12.6. The Morgan fingerprint density at radius 3 is 2.67 bits per heavy atom. The van der Waals surface area contributed by atoms with Crippen molar-refractivity contribution in [1.29, 1.82) is 0 Å². The van der Waals surface area contributed by atoms with Crippen molar-refractivity contribution in [2.45, 2.75) is 38.5 Å². The Hall–Kier alpha value is -2.69. The van der Waals surface area contributed by atoms with E-state index in [4.69, 9.17) is 5.11 Å². The number of aromatic nitrogens is 1. The van der Waals surface area contributed by atoms with E-state index in [1.165, 1.54) is 17.8 Å². The van der Waals surface area contributed by atoms with Gasteiger partial charge in [0.15, 0.2) is 0 Å². The first-order chi connectivity index (χ1) is 13.1. The minimum Gasteiger partial charge on any atom is -0.478 e. The summed E-state index contributed by atoms with van der Waals surface area (Å²) in [6, 6.07) is 12.1. The Labute approximate surface area is 160 Å². The third kappa shape index (κ3) is 5.64. The normalized spacial score (nSPS) is 17.3. The molecule has 1 atom stereocenters. The molecule has 142 valence electrons. The number of benzene rings is 1. The van der Waals surface area contributed by atoms with Crippen LogP contribution in [0.15, 0.2) is 48.8 Å². The van der Waals surface area contributed by atoms with Crippen LogP contribution in [0.2, 0.25) is 0 Å². The molecule has 1 aliphatic rings. The van der Waals surface area contributed by atoms with Crippen LogP contribution < -0.4 is 0 Å². The number of carbonyl (C=O) groups excluding carboxylic acids is 1. The van der Waals surface area contributed by atoms with Gasteiger partial charge in [0.25, 0.3) is 0 Å². The molecule has 0 radical (unpaired) electrons. The van der Waals surface area contributed by atoms with E-state index < -0.39 is 5.97 Å². The molecule has 2 heterocycles. The van der Waals surface area contributed by atoms with Crippen LogP contribution in [0.4, 0.5) is 0 Å². The van der Waals surface area contributed by atoms with Crippen LogP contribution in [0, 0.1) is 5.92 Å². The number of hydrogen-bond acceptors (Lipinski definition) is 3. The molecular formula is C22H26N2O3. The zero-order valence-electron chi connectivity index (χ0n) is 15.5. The van der Waals surface area contributed by atoms with Crippen LogP contribution in [0.5, 0.6) is 0 Å². The van der Waals surface area contributed by atoms with Crippen molar-refractivity contribution in [1.82, 2.24) is 9.88 Å². The Bertz CT molecular complexity index is 776. The summed E-state index contributed by atoms with van der Waals surface area (Å²) in [6.07, 6.45) is 8.56. The monoisotopic (exact) mass is 366 g/mol. The standard InChI is InChI=1S/C22H26N2O3/c25-21(14-19-13-20(22(26)27)16-23-15-19)24-11-4-7-18(10-12-24)9-8-17-5-2-1-3-6-17/h1-3,5-6,13,15-16,18H,4,7-12,14H2,(H,26,27). The third-order valence-electron chi connectivity index (χ3n) is 5.28. The van der Waals surface area contributed by atoms with Gasteiger partial charge in [-0.05, 0) is 55.2 Å². The number of carboxylic acids is 1. The van der Waals surface area contributed by atoms with Crippen LogP contribution >= 0.6 is 0 Å². The number of aromatic carboxylic acids is 1. The number of aryl methyl sites for hydroxylation is 1. The van der Waals surface area contributed by atoms with Gasteiger partial charge in [-0.1, -0.05) is 30.3 Å². The lowest BCUT2D eigenvalue weighted by molar-refractivity contribution is -0.130. The number of amides is 1. The summed E-state index contributed by atoms with van der Waals surface area (Å²) in [5, 5.41) is 9.06. The summed E-state index contributed by atoms with van der Waals surface area (Å²) in [5.41, 5.74) is 2.16. The van der Waals surface area contributed by atoms with Crippen molar-refractivity contribution in [3.63, 3.8) is 0 Å². The second kappa shape index (κ2) is 9.31. The maximum absolute atomic E-state index is 12.6. The van der Waals surface area contributed by atoms with Crippen molar-refractivity contribution >= 4 is 11.9 Å². The number of likely N-dealkylation sites (tertiary alicyclic amines) is 1. The Morgan fingerprint density at radius 2 is 1.89 bits per heavy atom. The molecule has 27 heavy (non-hydrogen) atoms. The SMILES string of the molecule is O=C(O)c1cncc(CC(=O)N2CCCC(CCc3ccccc3)CC2)c1. The van der Waals surface area contributed by atoms with Crippen LogP contribution in [0.3, 0.4) is 0 Å². The third-order valence-corrected chi connectivity index (χ3v) is 5.28. The minimum atomic E-state index is -1.02. The van der Waals surface area contributed by atoms with Crippen LogP contribution in [-0.4, -0.2) is 40.0 Å². The highest BCUT2D eigenvalue weighted by atomic mass is 16.4. The Balaban J connectivity index is 1.50. The first kappa shape index (κ1) is 19.1. The fourth-order valence-corrected chi connectivity index (χ4v) is 3.71. The highest BCUT2D eigenvalue weighted by Gasteiger charge is 2.21. The summed E-state index contributed by atoms with van der Waals surface area (Å²) >= 11 is 0. The molecule has 1 fully saturated rings. The average Bonchev–Trinajstić information content (AvgIpc) is 2.93. The van der Waals surface area contributed by atoms with Crippen molar-refractivity contribution in [3.8, 4) is 0 Å². The van der Waals surface area contributed by atoms with E-state index in [9.17, 15) is 9.59 Å². The zero-order chi connectivity index (χ0) is 19.1. The van der Waals surface area contributed by atoms with E-state index in [0.717, 1.165) is 45.2 Å². The summed E-state index contributed by atoms with van der Waals surface area (Å²) < 4.78 is 0. The lowest BCUT2D eigenvalue weighted by Crippen LogP contribution is -2.33. The molecule has 5 nitrogen and oxygen atoms in total. The highest BCUT2D eigenvalue weighted by Crippen LogP contribution is 2.23. The summed E-state index contributed by atoms with van der Waals surface area (Å²) in [4.78, 5) is 29.6. The van der Waals surface area contributed by atoms with E-state index in [-0.39, 0.29) is 17.9 Å². The summed E-state index contributed by atoms with van der Waals surface area (Å²) in [5.74, 6) is -0.309. The molecule has 0 spiro atoms. The second-order valence-electron chi connectivity index (χ2n) is 7.27. The highest BCUT2D eigenvalue weighted by molar-refractivity contribution is 5.88. The molecule has 0 aliphatic carbocycles. The smallest absolute Gasteiger partial charge is 0.337 e. The van der Waals surface area contributed by atoms with E-state index in [1.807, 2.05) is 11.0 Å². The van der Waals surface area contributed by atoms with Gasteiger partial charge in [0.05, 0.1) is 12.0 Å². The van der Waals surface area contributed by atoms with Gasteiger partial charge >= 0.3 is 5.97 Å². The molecule has 1 amide bonds. The molecule has 1 aromatic heterocycles. The van der Waals surface area contributed by atoms with Gasteiger partial charge in [0.2, 0.25) is 5.91 Å². The lowest BCUT2D eigenvalue weighted by Gasteiger charge is -2.21. The van der Waals surface area contributed by atoms with Crippen molar-refractivity contribution in [2.75, 3.05) is 13.1 Å². The molecular weight excluding hydrogens is 340 g/mol. The number of nitrogens with zero attached hydrogens (tertiary/aromatic N) is 2. The predicted molar refractivity (Wildman–Crippen MR) is 104 cm³/mol. The predicted octanol–water partition coefficient (Wildman–Crippen LogP) is 3.58. The van der Waals surface area contributed by atoms with Crippen molar-refractivity contribution < 1.29 is 14.7 Å². The first-order valence-corrected chi connectivity index (χ1v) is 9.61. The molecule has 0 bridgehead atoms. The molecule has 1 aromatic carbocycles. The Kier molecular flexibility index (Phi) is 6.58. The quantitative estimate of drug-likeness (QED) is 0.848. The molecule has 5 heteroatoms. The lowest BCUT2D eigenvalue weighted by atomic mass is 9.93. The van der Waals surface area contributed by atoms with E-state index in [1.54, 1.807) is 6.20 Å². The van der Waals surface area contributed by atoms with Crippen LogP contribution in [0.1, 0.15) is 47.2 Å². The largest absolute Gasteiger partial charge is 0.478 e. The van der Waals surface area contributed by atoms with Crippen LogP contribution in [-0.2, 0) is 17.6 Å². The second-order valence-corrected chi connectivity index (χ2v) is 7.27. The summed E-state index contributed by atoms with van der Waals surface area (Å²) in [7, 11) is 0. The number of carbonyl (C=O) groups is 2. The fraction of sp³-hybridized carbons (Fsp3) is 0.409. The van der Waals surface area contributed by atoms with Gasteiger partial charge in [-0.2, -0.15) is 0 Å². The van der Waals surface area contributed by atoms with Gasteiger partial charge in [-0.15, -0.1) is 0 Å². The average molecular weight is 366 g/mol. The molecule has 1 unspecified atom stereocenters. The number of carboxylic acid groups (broad SMARTS) is 1. The van der Waals surface area contributed by atoms with Gasteiger partial charge in [-0.25, -0.2) is 4.79 Å². The van der Waals surface area contributed by atoms with Gasteiger partial charge in [0.1, 0.15) is 0 Å². The zero-order valence-corrected chi connectivity index (χ0v) is 15.5. The molecule has 1 N–H and O–H groups in total. The maximum Gasteiger partial charge on any atom is 0.337 e. The van der Waals surface area contributed by atoms with E-state index in [0.29, 0.717) is 11.5 Å². The molecule has 0 saturated carbocycles. The van der Waals surface area contributed by atoms with Crippen molar-refractivity contribution in [3.05, 3.63) is 65.5 Å². The van der Waals surface area contributed by atoms with Gasteiger partial charge in [-0.3, -0.25) is 9.78 Å². The fourth-order valence-electron chi connectivity index (χ4n) is 3.71. The van der Waals surface area contributed by atoms with Crippen molar-refractivity contribution in [2.24, 2.45) is 5.92 Å². The summed E-state index contributed by atoms with van der Waals surface area (Å²) in [6.45, 7) is 1.57. The molecule has 1 saturated heterocycles. The van der Waals surface area contributed by atoms with Gasteiger partial charge < -0.3 is 10.0 Å². The molecule has 1 aliphatic heterocycles. The minimum absolute atomic E-state index is 0.0584. The molecule has 2 aromatic rings. The van der Waals surface area contributed by atoms with E-state index >= 15 is 0 Å². The van der Waals surface area contributed by atoms with Crippen LogP contribution in [0.25, 0.3) is 0 Å². The Morgan fingerprint density at radius 1 is 1.07 bits per heavy atom. The number of hydrogen-bond donors (Lipinski definition) is 1. The number of rotatable bonds is 6.